The van der Waals surface area contributed by atoms with Gasteiger partial charge in [0.1, 0.15) is 0 Å². The van der Waals surface area contributed by atoms with E-state index in [1.165, 1.54) is 63.0 Å². The second kappa shape index (κ2) is 4.88. The van der Waals surface area contributed by atoms with Gasteiger partial charge in [-0.15, -0.1) is 0 Å². The zero-order valence-corrected chi connectivity index (χ0v) is 11.5. The van der Waals surface area contributed by atoms with E-state index in [0.717, 1.165) is 5.92 Å². The van der Waals surface area contributed by atoms with Gasteiger partial charge in [0, 0.05) is 18.8 Å². The molecule has 3 fully saturated rings. The van der Waals surface area contributed by atoms with E-state index in [1.54, 1.807) is 0 Å². The number of fused-ring (bicyclic) bond motifs is 4. The second-order valence-electron chi connectivity index (χ2n) is 6.40. The van der Waals surface area contributed by atoms with E-state index in [9.17, 15) is 0 Å². The van der Waals surface area contributed by atoms with Crippen molar-refractivity contribution in [2.45, 2.75) is 44.2 Å². The van der Waals surface area contributed by atoms with Gasteiger partial charge < -0.3 is 10.2 Å². The van der Waals surface area contributed by atoms with Gasteiger partial charge in [-0.05, 0) is 62.7 Å². The van der Waals surface area contributed by atoms with Crippen molar-refractivity contribution >= 4 is 0 Å². The maximum atomic E-state index is 4.65. The van der Waals surface area contributed by atoms with E-state index >= 15 is 0 Å². The molecule has 3 heteroatoms. The summed E-state index contributed by atoms with van der Waals surface area (Å²) >= 11 is 0. The molecule has 19 heavy (non-hydrogen) atoms. The molecule has 3 nitrogen and oxygen atoms in total. The normalized spacial score (nSPS) is 37.1. The Morgan fingerprint density at radius 2 is 2.11 bits per heavy atom. The SMILES string of the molecule is c1cnc2c(c1)CCCC2NC1CN2CCC1CC2. The van der Waals surface area contributed by atoms with Gasteiger partial charge in [-0.2, -0.15) is 0 Å². The summed E-state index contributed by atoms with van der Waals surface area (Å²) in [7, 11) is 0. The standard InChI is InChI=1S/C16H23N3/c1-3-13-4-2-8-17-16(13)14(5-1)18-15-11-19-9-6-12(15)7-10-19/h2,4,8,12,14-15,18H,1,3,5-7,9-11H2. The highest BCUT2D eigenvalue weighted by atomic mass is 15.2. The Morgan fingerprint density at radius 3 is 2.89 bits per heavy atom. The van der Waals surface area contributed by atoms with Crippen LogP contribution in [0.4, 0.5) is 0 Å². The first-order valence-corrected chi connectivity index (χ1v) is 7.82. The summed E-state index contributed by atoms with van der Waals surface area (Å²) < 4.78 is 0. The molecule has 0 spiro atoms. The van der Waals surface area contributed by atoms with Gasteiger partial charge in [-0.3, -0.25) is 4.98 Å². The number of aryl methyl sites for hydroxylation is 1. The fourth-order valence-corrected chi connectivity index (χ4v) is 4.18. The first-order valence-electron chi connectivity index (χ1n) is 7.82. The lowest BCUT2D eigenvalue weighted by atomic mass is 9.82. The summed E-state index contributed by atoms with van der Waals surface area (Å²) in [6.07, 6.45) is 8.50. The van der Waals surface area contributed by atoms with Crippen molar-refractivity contribution in [2.24, 2.45) is 5.92 Å². The molecule has 1 aromatic heterocycles. The first kappa shape index (κ1) is 11.9. The van der Waals surface area contributed by atoms with Crippen LogP contribution in [-0.4, -0.2) is 35.6 Å². The van der Waals surface area contributed by atoms with Crippen LogP contribution in [0.3, 0.4) is 0 Å². The molecule has 0 radical (unpaired) electrons. The number of nitrogens with zero attached hydrogens (tertiary/aromatic N) is 2. The van der Waals surface area contributed by atoms with Gasteiger partial charge in [-0.25, -0.2) is 0 Å². The molecule has 4 aliphatic rings. The zero-order valence-electron chi connectivity index (χ0n) is 11.5. The molecule has 0 saturated carbocycles. The van der Waals surface area contributed by atoms with Crippen LogP contribution in [-0.2, 0) is 6.42 Å². The van der Waals surface area contributed by atoms with Gasteiger partial charge in [0.05, 0.1) is 11.7 Å². The van der Waals surface area contributed by atoms with Crippen LogP contribution < -0.4 is 5.32 Å². The van der Waals surface area contributed by atoms with Crippen molar-refractivity contribution < 1.29 is 0 Å². The predicted molar refractivity (Wildman–Crippen MR) is 76.0 cm³/mol. The van der Waals surface area contributed by atoms with Crippen molar-refractivity contribution in [3.63, 3.8) is 0 Å². The van der Waals surface area contributed by atoms with Gasteiger partial charge in [0.2, 0.25) is 0 Å². The Morgan fingerprint density at radius 1 is 1.21 bits per heavy atom. The van der Waals surface area contributed by atoms with Crippen LogP contribution in [0.25, 0.3) is 0 Å². The Bertz CT molecular complexity index is 451. The average molecular weight is 257 g/mol. The molecule has 1 aromatic rings. The number of nitrogens with one attached hydrogen (secondary N) is 1. The van der Waals surface area contributed by atoms with E-state index in [0.29, 0.717) is 12.1 Å². The molecule has 102 valence electrons. The van der Waals surface area contributed by atoms with Crippen molar-refractivity contribution in [1.82, 2.24) is 15.2 Å². The lowest BCUT2D eigenvalue weighted by Gasteiger charge is -2.46. The van der Waals surface area contributed by atoms with Crippen LogP contribution in [0.15, 0.2) is 18.3 Å². The summed E-state index contributed by atoms with van der Waals surface area (Å²) in [5.41, 5.74) is 2.79. The lowest BCUT2D eigenvalue weighted by Crippen LogP contribution is -2.56. The zero-order chi connectivity index (χ0) is 12.7. The van der Waals surface area contributed by atoms with E-state index < -0.39 is 0 Å². The van der Waals surface area contributed by atoms with Gasteiger partial charge in [0.25, 0.3) is 0 Å². The number of rotatable bonds is 2. The quantitative estimate of drug-likeness (QED) is 0.880. The molecule has 4 heterocycles. The maximum absolute atomic E-state index is 4.65. The number of pyridine rings is 1. The Labute approximate surface area is 115 Å². The predicted octanol–water partition coefficient (Wildman–Crippen LogP) is 2.14. The smallest absolute Gasteiger partial charge is 0.0605 e. The third-order valence-electron chi connectivity index (χ3n) is 5.27. The number of piperidine rings is 3. The summed E-state index contributed by atoms with van der Waals surface area (Å²) in [5.74, 6) is 0.902. The monoisotopic (exact) mass is 257 g/mol. The Hall–Kier alpha value is -0.930. The van der Waals surface area contributed by atoms with Gasteiger partial charge in [0.15, 0.2) is 0 Å². The molecule has 0 amide bonds. The molecule has 0 aromatic carbocycles. The molecule has 2 unspecified atom stereocenters. The molecule has 2 bridgehead atoms. The minimum atomic E-state index is 0.496. The fourth-order valence-electron chi connectivity index (χ4n) is 4.18. The van der Waals surface area contributed by atoms with Crippen LogP contribution in [0, 0.1) is 5.92 Å². The van der Waals surface area contributed by atoms with Crippen LogP contribution in [0.1, 0.15) is 43.0 Å². The minimum Gasteiger partial charge on any atom is -0.304 e. The van der Waals surface area contributed by atoms with Gasteiger partial charge >= 0.3 is 0 Å². The van der Waals surface area contributed by atoms with Gasteiger partial charge in [-0.1, -0.05) is 6.07 Å². The molecule has 3 aliphatic heterocycles. The molecule has 3 saturated heterocycles. The van der Waals surface area contributed by atoms with Crippen molar-refractivity contribution in [2.75, 3.05) is 19.6 Å². The minimum absolute atomic E-state index is 0.496. The topological polar surface area (TPSA) is 28.2 Å². The van der Waals surface area contributed by atoms with E-state index in [4.69, 9.17) is 0 Å². The molecule has 2 atom stereocenters. The molecule has 1 aliphatic carbocycles. The largest absolute Gasteiger partial charge is 0.304 e. The molecule has 5 rings (SSSR count). The van der Waals surface area contributed by atoms with Crippen molar-refractivity contribution in [1.29, 1.82) is 0 Å². The van der Waals surface area contributed by atoms with Crippen molar-refractivity contribution in [3.8, 4) is 0 Å². The Balaban J connectivity index is 1.52. The fraction of sp³-hybridized carbons (Fsp3) is 0.688. The third kappa shape index (κ3) is 2.19. The summed E-state index contributed by atoms with van der Waals surface area (Å²) in [5, 5.41) is 3.94. The maximum Gasteiger partial charge on any atom is 0.0605 e. The van der Waals surface area contributed by atoms with E-state index in [-0.39, 0.29) is 0 Å². The lowest BCUT2D eigenvalue weighted by molar-refractivity contribution is 0.0653. The van der Waals surface area contributed by atoms with Crippen LogP contribution in [0.5, 0.6) is 0 Å². The molecule has 1 N–H and O–H groups in total. The second-order valence-corrected chi connectivity index (χ2v) is 6.40. The number of hydrogen-bond acceptors (Lipinski definition) is 3. The average Bonchev–Trinajstić information content (AvgIpc) is 2.49. The molecular weight excluding hydrogens is 234 g/mol. The third-order valence-corrected chi connectivity index (χ3v) is 5.27. The molecular formula is C16H23N3. The van der Waals surface area contributed by atoms with E-state index in [1.807, 2.05) is 6.20 Å². The Kier molecular flexibility index (Phi) is 3.04. The number of aromatic nitrogens is 1. The summed E-state index contributed by atoms with van der Waals surface area (Å²) in [6.45, 7) is 3.90. The van der Waals surface area contributed by atoms with Crippen molar-refractivity contribution in [3.05, 3.63) is 29.6 Å². The highest BCUT2D eigenvalue weighted by Crippen LogP contribution is 2.32. The summed E-state index contributed by atoms with van der Waals surface area (Å²) in [4.78, 5) is 7.28. The van der Waals surface area contributed by atoms with E-state index in [2.05, 4.69) is 27.3 Å². The van der Waals surface area contributed by atoms with Crippen LogP contribution in [0.2, 0.25) is 0 Å². The number of hydrogen-bond donors (Lipinski definition) is 1. The van der Waals surface area contributed by atoms with Crippen LogP contribution >= 0.6 is 0 Å². The summed E-state index contributed by atoms with van der Waals surface area (Å²) in [6, 6.07) is 5.53. The highest BCUT2D eigenvalue weighted by Gasteiger charge is 2.36. The highest BCUT2D eigenvalue weighted by molar-refractivity contribution is 5.25. The first-order chi connectivity index (χ1) is 9.40.